The lowest BCUT2D eigenvalue weighted by molar-refractivity contribution is 0.438. The Hall–Kier alpha value is -0.0600. The fourth-order valence-corrected chi connectivity index (χ4v) is 3.07. The molecule has 1 rings (SSSR count). The molecule has 0 spiro atoms. The van der Waals surface area contributed by atoms with Crippen molar-refractivity contribution in [1.82, 2.24) is 9.78 Å². The van der Waals surface area contributed by atoms with Gasteiger partial charge in [0.25, 0.3) is 0 Å². The largest absolute Gasteiger partial charge is 0.265 e. The molecule has 0 amide bonds. The standard InChI is InChI=1S/C12H21IN2/c1-5-8-9(4)15-11(7-3)12(13)10(6-2)14-15/h9H,5-8H2,1-4H3. The molecule has 86 valence electrons. The summed E-state index contributed by atoms with van der Waals surface area (Å²) in [4.78, 5) is 0. The van der Waals surface area contributed by atoms with Gasteiger partial charge in [0.1, 0.15) is 0 Å². The molecule has 15 heavy (non-hydrogen) atoms. The highest BCUT2D eigenvalue weighted by atomic mass is 127. The summed E-state index contributed by atoms with van der Waals surface area (Å²) >= 11 is 2.44. The second-order valence-corrected chi connectivity index (χ2v) is 5.08. The molecule has 3 heteroatoms. The van der Waals surface area contributed by atoms with Crippen LogP contribution in [0, 0.1) is 3.57 Å². The molecule has 1 atom stereocenters. The van der Waals surface area contributed by atoms with Crippen molar-refractivity contribution >= 4 is 22.6 Å². The van der Waals surface area contributed by atoms with Crippen LogP contribution in [0.25, 0.3) is 0 Å². The summed E-state index contributed by atoms with van der Waals surface area (Å²) in [5.74, 6) is 0. The Morgan fingerprint density at radius 3 is 2.40 bits per heavy atom. The lowest BCUT2D eigenvalue weighted by atomic mass is 10.2. The second kappa shape index (κ2) is 5.87. The van der Waals surface area contributed by atoms with Crippen molar-refractivity contribution in [3.63, 3.8) is 0 Å². The highest BCUT2D eigenvalue weighted by Crippen LogP contribution is 2.23. The fourth-order valence-electron chi connectivity index (χ4n) is 1.95. The zero-order valence-electron chi connectivity index (χ0n) is 10.2. The Labute approximate surface area is 107 Å². The lowest BCUT2D eigenvalue weighted by Gasteiger charge is -2.14. The van der Waals surface area contributed by atoms with Gasteiger partial charge in [-0.3, -0.25) is 4.68 Å². The predicted molar refractivity (Wildman–Crippen MR) is 73.3 cm³/mol. The molecule has 0 aliphatic rings. The van der Waals surface area contributed by atoms with E-state index in [1.807, 2.05) is 0 Å². The van der Waals surface area contributed by atoms with Gasteiger partial charge in [-0.15, -0.1) is 0 Å². The van der Waals surface area contributed by atoms with Crippen molar-refractivity contribution in [3.8, 4) is 0 Å². The van der Waals surface area contributed by atoms with E-state index in [0.717, 1.165) is 12.8 Å². The molecule has 0 radical (unpaired) electrons. The van der Waals surface area contributed by atoms with Gasteiger partial charge in [-0.05, 0) is 48.8 Å². The van der Waals surface area contributed by atoms with Crippen molar-refractivity contribution in [2.75, 3.05) is 0 Å². The van der Waals surface area contributed by atoms with E-state index in [0.29, 0.717) is 6.04 Å². The van der Waals surface area contributed by atoms with Gasteiger partial charge in [-0.1, -0.05) is 27.2 Å². The molecule has 0 saturated heterocycles. The van der Waals surface area contributed by atoms with Crippen LogP contribution in [-0.2, 0) is 12.8 Å². The first-order valence-electron chi connectivity index (χ1n) is 5.91. The molecular formula is C12H21IN2. The summed E-state index contributed by atoms with van der Waals surface area (Å²) < 4.78 is 3.62. The molecule has 0 aromatic carbocycles. The SMILES string of the molecule is CCCC(C)n1nc(CC)c(I)c1CC. The van der Waals surface area contributed by atoms with E-state index in [-0.39, 0.29) is 0 Å². The smallest absolute Gasteiger partial charge is 0.0758 e. The maximum Gasteiger partial charge on any atom is 0.0758 e. The van der Waals surface area contributed by atoms with E-state index in [1.54, 1.807) is 0 Å². The number of aryl methyl sites for hydroxylation is 1. The third kappa shape index (κ3) is 2.74. The molecule has 1 aromatic heterocycles. The Balaban J connectivity index is 3.05. The molecular weight excluding hydrogens is 299 g/mol. The van der Waals surface area contributed by atoms with Crippen molar-refractivity contribution in [3.05, 3.63) is 15.0 Å². The van der Waals surface area contributed by atoms with Crippen molar-refractivity contribution in [2.24, 2.45) is 0 Å². The Bertz CT molecular complexity index is 318. The lowest BCUT2D eigenvalue weighted by Crippen LogP contribution is -2.10. The van der Waals surface area contributed by atoms with Crippen LogP contribution in [0.2, 0.25) is 0 Å². The van der Waals surface area contributed by atoms with Crippen molar-refractivity contribution < 1.29 is 0 Å². The number of hydrogen-bond acceptors (Lipinski definition) is 1. The van der Waals surface area contributed by atoms with Crippen LogP contribution >= 0.6 is 22.6 Å². The van der Waals surface area contributed by atoms with E-state index < -0.39 is 0 Å². The van der Waals surface area contributed by atoms with Gasteiger partial charge in [0.05, 0.1) is 15.0 Å². The molecule has 0 saturated carbocycles. The molecule has 2 nitrogen and oxygen atoms in total. The summed E-state index contributed by atoms with van der Waals surface area (Å²) in [5, 5.41) is 4.73. The van der Waals surface area contributed by atoms with Gasteiger partial charge in [-0.25, -0.2) is 0 Å². The maximum atomic E-state index is 4.73. The summed E-state index contributed by atoms with van der Waals surface area (Å²) in [6.07, 6.45) is 4.56. The van der Waals surface area contributed by atoms with Gasteiger partial charge in [0.2, 0.25) is 0 Å². The number of nitrogens with zero attached hydrogens (tertiary/aromatic N) is 2. The van der Waals surface area contributed by atoms with E-state index in [9.17, 15) is 0 Å². The monoisotopic (exact) mass is 320 g/mol. The van der Waals surface area contributed by atoms with Crippen LogP contribution in [0.1, 0.15) is 58.0 Å². The Kier molecular flexibility index (Phi) is 5.09. The van der Waals surface area contributed by atoms with E-state index in [1.165, 1.54) is 27.8 Å². The van der Waals surface area contributed by atoms with Gasteiger partial charge in [0.15, 0.2) is 0 Å². The first kappa shape index (κ1) is 13.0. The molecule has 0 bridgehead atoms. The minimum Gasteiger partial charge on any atom is -0.265 e. The first-order valence-corrected chi connectivity index (χ1v) is 6.99. The van der Waals surface area contributed by atoms with E-state index >= 15 is 0 Å². The summed E-state index contributed by atoms with van der Waals surface area (Å²) in [6.45, 7) is 8.90. The number of hydrogen-bond donors (Lipinski definition) is 0. The molecule has 1 unspecified atom stereocenters. The Morgan fingerprint density at radius 2 is 1.93 bits per heavy atom. The average molecular weight is 320 g/mol. The third-order valence-electron chi connectivity index (χ3n) is 2.81. The van der Waals surface area contributed by atoms with Crippen LogP contribution in [0.3, 0.4) is 0 Å². The fraction of sp³-hybridized carbons (Fsp3) is 0.750. The normalized spacial score (nSPS) is 13.1. The quantitative estimate of drug-likeness (QED) is 0.751. The van der Waals surface area contributed by atoms with Crippen LogP contribution in [-0.4, -0.2) is 9.78 Å². The number of aromatic nitrogens is 2. The third-order valence-corrected chi connectivity index (χ3v) is 4.05. The highest BCUT2D eigenvalue weighted by molar-refractivity contribution is 14.1. The molecule has 1 aromatic rings. The molecule has 0 aliphatic carbocycles. The van der Waals surface area contributed by atoms with Crippen molar-refractivity contribution in [2.45, 2.75) is 59.4 Å². The second-order valence-electron chi connectivity index (χ2n) is 4.00. The van der Waals surface area contributed by atoms with Crippen LogP contribution < -0.4 is 0 Å². The summed E-state index contributed by atoms with van der Waals surface area (Å²) in [5.41, 5.74) is 2.67. The highest BCUT2D eigenvalue weighted by Gasteiger charge is 2.16. The molecule has 1 heterocycles. The number of halogens is 1. The first-order chi connectivity index (χ1) is 7.15. The van der Waals surface area contributed by atoms with Crippen LogP contribution in [0.15, 0.2) is 0 Å². The number of rotatable bonds is 5. The van der Waals surface area contributed by atoms with Crippen molar-refractivity contribution in [1.29, 1.82) is 0 Å². The van der Waals surface area contributed by atoms with Crippen LogP contribution in [0.5, 0.6) is 0 Å². The Morgan fingerprint density at radius 1 is 1.27 bits per heavy atom. The van der Waals surface area contributed by atoms with Gasteiger partial charge in [-0.2, -0.15) is 5.10 Å². The van der Waals surface area contributed by atoms with E-state index in [4.69, 9.17) is 5.10 Å². The summed E-state index contributed by atoms with van der Waals surface area (Å²) in [7, 11) is 0. The summed E-state index contributed by atoms with van der Waals surface area (Å²) in [6, 6.07) is 0.541. The maximum absolute atomic E-state index is 4.73. The van der Waals surface area contributed by atoms with Gasteiger partial charge >= 0.3 is 0 Å². The molecule has 0 N–H and O–H groups in total. The van der Waals surface area contributed by atoms with E-state index in [2.05, 4.69) is 55.0 Å². The average Bonchev–Trinajstić information content (AvgIpc) is 2.55. The zero-order chi connectivity index (χ0) is 11.4. The molecule has 0 aliphatic heterocycles. The minimum absolute atomic E-state index is 0.541. The molecule has 0 fully saturated rings. The topological polar surface area (TPSA) is 17.8 Å². The zero-order valence-corrected chi connectivity index (χ0v) is 12.3. The predicted octanol–water partition coefficient (Wildman–Crippen LogP) is 3.97. The minimum atomic E-state index is 0.541. The van der Waals surface area contributed by atoms with Gasteiger partial charge in [0, 0.05) is 6.04 Å². The van der Waals surface area contributed by atoms with Gasteiger partial charge < -0.3 is 0 Å². The van der Waals surface area contributed by atoms with Crippen LogP contribution in [0.4, 0.5) is 0 Å².